The molecular formula is C8H14N4O2S2. The second-order valence-electron chi connectivity index (χ2n) is 3.28. The molecule has 1 atom stereocenters. The Bertz CT molecular complexity index is 480. The second kappa shape index (κ2) is 4.79. The Morgan fingerprint density at radius 3 is 2.81 bits per heavy atom. The van der Waals surface area contributed by atoms with Gasteiger partial charge in [-0.2, -0.15) is 5.10 Å². The molecule has 0 radical (unpaired) electrons. The van der Waals surface area contributed by atoms with E-state index in [1.165, 1.54) is 13.1 Å². The number of rotatable bonds is 5. The van der Waals surface area contributed by atoms with Gasteiger partial charge in [0.05, 0.1) is 16.9 Å². The molecule has 0 aliphatic rings. The van der Waals surface area contributed by atoms with Gasteiger partial charge in [-0.15, -0.1) is 0 Å². The first-order chi connectivity index (χ1) is 7.36. The molecule has 0 fully saturated rings. The Kier molecular flexibility index (Phi) is 3.87. The maximum Gasteiger partial charge on any atom is 0.241 e. The molecular weight excluding hydrogens is 248 g/mol. The SMILES string of the molecule is CCn1cc(NS(=O)(=O)C(C)C(N)=S)cn1. The second-order valence-corrected chi connectivity index (χ2v) is 5.75. The van der Waals surface area contributed by atoms with Crippen LogP contribution in [0, 0.1) is 0 Å². The fourth-order valence-corrected chi connectivity index (χ4v) is 2.29. The van der Waals surface area contributed by atoms with Crippen LogP contribution in [-0.4, -0.2) is 28.4 Å². The van der Waals surface area contributed by atoms with Crippen LogP contribution < -0.4 is 10.5 Å². The molecule has 6 nitrogen and oxygen atoms in total. The van der Waals surface area contributed by atoms with Crippen LogP contribution in [-0.2, 0) is 16.6 Å². The maximum absolute atomic E-state index is 11.7. The molecule has 0 saturated carbocycles. The fourth-order valence-electron chi connectivity index (χ4n) is 0.995. The Morgan fingerprint density at radius 2 is 2.38 bits per heavy atom. The molecule has 16 heavy (non-hydrogen) atoms. The summed E-state index contributed by atoms with van der Waals surface area (Å²) < 4.78 is 27.4. The minimum absolute atomic E-state index is 0.0598. The van der Waals surface area contributed by atoms with E-state index in [1.54, 1.807) is 10.9 Å². The van der Waals surface area contributed by atoms with Crippen LogP contribution in [0.4, 0.5) is 5.69 Å². The van der Waals surface area contributed by atoms with E-state index in [-0.39, 0.29) is 4.99 Å². The zero-order valence-electron chi connectivity index (χ0n) is 9.04. The molecule has 90 valence electrons. The number of hydrogen-bond donors (Lipinski definition) is 2. The van der Waals surface area contributed by atoms with E-state index < -0.39 is 15.3 Å². The molecule has 0 aliphatic heterocycles. The lowest BCUT2D eigenvalue weighted by molar-refractivity contribution is 0.598. The fraction of sp³-hybridized carbons (Fsp3) is 0.500. The number of anilines is 1. The van der Waals surface area contributed by atoms with E-state index in [2.05, 4.69) is 22.0 Å². The van der Waals surface area contributed by atoms with Crippen molar-refractivity contribution in [3.8, 4) is 0 Å². The molecule has 1 heterocycles. The number of nitrogens with two attached hydrogens (primary N) is 1. The first-order valence-electron chi connectivity index (χ1n) is 4.70. The van der Waals surface area contributed by atoms with E-state index in [4.69, 9.17) is 5.73 Å². The van der Waals surface area contributed by atoms with Crippen molar-refractivity contribution in [3.63, 3.8) is 0 Å². The van der Waals surface area contributed by atoms with E-state index in [0.717, 1.165) is 0 Å². The van der Waals surface area contributed by atoms with Crippen LogP contribution >= 0.6 is 12.2 Å². The van der Waals surface area contributed by atoms with E-state index >= 15 is 0 Å². The van der Waals surface area contributed by atoms with Crippen molar-refractivity contribution in [3.05, 3.63) is 12.4 Å². The highest BCUT2D eigenvalue weighted by molar-refractivity contribution is 7.95. The summed E-state index contributed by atoms with van der Waals surface area (Å²) in [5.74, 6) is 0. The Balaban J connectivity index is 2.84. The van der Waals surface area contributed by atoms with Crippen LogP contribution in [0.5, 0.6) is 0 Å². The van der Waals surface area contributed by atoms with Crippen molar-refractivity contribution in [2.75, 3.05) is 4.72 Å². The van der Waals surface area contributed by atoms with Gasteiger partial charge in [0.25, 0.3) is 0 Å². The zero-order valence-corrected chi connectivity index (χ0v) is 10.7. The van der Waals surface area contributed by atoms with Crippen molar-refractivity contribution in [2.45, 2.75) is 25.6 Å². The number of nitrogens with zero attached hydrogens (tertiary/aromatic N) is 2. The van der Waals surface area contributed by atoms with Gasteiger partial charge in [-0.1, -0.05) is 12.2 Å². The third kappa shape index (κ3) is 2.92. The molecule has 8 heteroatoms. The summed E-state index contributed by atoms with van der Waals surface area (Å²) in [5, 5.41) is 3.04. The van der Waals surface area contributed by atoms with Gasteiger partial charge in [0.15, 0.2) is 0 Å². The van der Waals surface area contributed by atoms with Crippen LogP contribution in [0.15, 0.2) is 12.4 Å². The predicted molar refractivity (Wildman–Crippen MR) is 66.7 cm³/mol. The monoisotopic (exact) mass is 262 g/mol. The van der Waals surface area contributed by atoms with Crippen LogP contribution in [0.3, 0.4) is 0 Å². The summed E-state index contributed by atoms with van der Waals surface area (Å²) in [5.41, 5.74) is 5.71. The van der Waals surface area contributed by atoms with E-state index in [9.17, 15) is 8.42 Å². The highest BCUT2D eigenvalue weighted by Crippen LogP contribution is 2.11. The lowest BCUT2D eigenvalue weighted by atomic mass is 10.5. The summed E-state index contributed by atoms with van der Waals surface area (Å²) in [6.07, 6.45) is 3.04. The third-order valence-electron chi connectivity index (χ3n) is 2.08. The molecule has 3 N–H and O–H groups in total. The highest BCUT2D eigenvalue weighted by atomic mass is 32.2. The first-order valence-corrected chi connectivity index (χ1v) is 6.65. The minimum atomic E-state index is -3.58. The molecule has 0 bridgehead atoms. The predicted octanol–water partition coefficient (Wildman–Crippen LogP) is 0.319. The quantitative estimate of drug-likeness (QED) is 0.746. The molecule has 0 amide bonds. The Morgan fingerprint density at radius 1 is 1.75 bits per heavy atom. The van der Waals surface area contributed by atoms with Gasteiger partial charge >= 0.3 is 0 Å². The smallest absolute Gasteiger partial charge is 0.241 e. The number of aryl methyl sites for hydroxylation is 1. The number of sulfonamides is 1. The standard InChI is InChI=1S/C8H14N4O2S2/c1-3-12-5-7(4-10-12)11-16(13,14)6(2)8(9)15/h4-6,11H,3H2,1-2H3,(H2,9,15). The summed E-state index contributed by atoms with van der Waals surface area (Å²) in [6.45, 7) is 4.02. The van der Waals surface area contributed by atoms with Crippen molar-refractivity contribution < 1.29 is 8.42 Å². The number of hydrogen-bond acceptors (Lipinski definition) is 4. The van der Waals surface area contributed by atoms with Gasteiger partial charge < -0.3 is 5.73 Å². The minimum Gasteiger partial charge on any atom is -0.392 e. The van der Waals surface area contributed by atoms with Gasteiger partial charge in [-0.3, -0.25) is 9.40 Å². The van der Waals surface area contributed by atoms with Crippen LogP contribution in [0.25, 0.3) is 0 Å². The van der Waals surface area contributed by atoms with Gasteiger partial charge in [0.1, 0.15) is 5.25 Å². The topological polar surface area (TPSA) is 90.0 Å². The average molecular weight is 262 g/mol. The summed E-state index contributed by atoms with van der Waals surface area (Å²) in [4.78, 5) is -0.0598. The lowest BCUT2D eigenvalue weighted by Crippen LogP contribution is -2.35. The lowest BCUT2D eigenvalue weighted by Gasteiger charge is -2.11. The zero-order chi connectivity index (χ0) is 12.3. The summed E-state index contributed by atoms with van der Waals surface area (Å²) in [7, 11) is -3.58. The summed E-state index contributed by atoms with van der Waals surface area (Å²) >= 11 is 4.65. The van der Waals surface area contributed by atoms with Gasteiger partial charge in [-0.25, -0.2) is 8.42 Å². The van der Waals surface area contributed by atoms with Crippen molar-refractivity contribution in [1.29, 1.82) is 0 Å². The molecule has 0 spiro atoms. The number of aromatic nitrogens is 2. The molecule has 1 aromatic rings. The van der Waals surface area contributed by atoms with Gasteiger partial charge in [0.2, 0.25) is 10.0 Å². The number of thiocarbonyl (C=S) groups is 1. The average Bonchev–Trinajstić information content (AvgIpc) is 2.63. The molecule has 0 saturated heterocycles. The molecule has 0 aromatic carbocycles. The molecule has 1 rings (SSSR count). The summed E-state index contributed by atoms with van der Waals surface area (Å²) in [6, 6.07) is 0. The van der Waals surface area contributed by atoms with Crippen molar-refractivity contribution in [2.24, 2.45) is 5.73 Å². The normalized spacial score (nSPS) is 13.4. The maximum atomic E-state index is 11.7. The van der Waals surface area contributed by atoms with Gasteiger partial charge in [0, 0.05) is 12.7 Å². The largest absolute Gasteiger partial charge is 0.392 e. The molecule has 1 aromatic heterocycles. The van der Waals surface area contributed by atoms with Crippen LogP contribution in [0.1, 0.15) is 13.8 Å². The first kappa shape index (κ1) is 12.9. The Hall–Kier alpha value is -1.15. The molecule has 1 unspecified atom stereocenters. The van der Waals surface area contributed by atoms with Crippen molar-refractivity contribution >= 4 is 32.9 Å². The Labute approximate surface area is 99.9 Å². The highest BCUT2D eigenvalue weighted by Gasteiger charge is 2.23. The number of nitrogens with one attached hydrogen (secondary N) is 1. The third-order valence-corrected chi connectivity index (χ3v) is 4.29. The van der Waals surface area contributed by atoms with E-state index in [0.29, 0.717) is 12.2 Å². The van der Waals surface area contributed by atoms with Crippen LogP contribution in [0.2, 0.25) is 0 Å². The van der Waals surface area contributed by atoms with E-state index in [1.807, 2.05) is 6.92 Å². The molecule has 0 aliphatic carbocycles. The van der Waals surface area contributed by atoms with Gasteiger partial charge in [-0.05, 0) is 13.8 Å². The van der Waals surface area contributed by atoms with Crippen molar-refractivity contribution in [1.82, 2.24) is 9.78 Å².